The maximum atomic E-state index is 12.0. The Labute approximate surface area is 122 Å². The Morgan fingerprint density at radius 3 is 2.21 bits per heavy atom. The molecular weight excluding hydrogens is 380 g/mol. The van der Waals surface area contributed by atoms with Crippen LogP contribution in [0.4, 0.5) is 13.2 Å². The third-order valence-electron chi connectivity index (χ3n) is 2.25. The number of carboxylic acid groups (broad SMARTS) is 1. The maximum Gasteiger partial charge on any atom is 0.389 e. The van der Waals surface area contributed by atoms with Crippen LogP contribution >= 0.6 is 22.6 Å². The number of alkyl halides is 4. The zero-order chi connectivity index (χ0) is 15.3. The summed E-state index contributed by atoms with van der Waals surface area (Å²) in [4.78, 5) is 22.3. The highest BCUT2D eigenvalue weighted by Crippen LogP contribution is 2.26. The molecular formula is C11H16F3IO4. The number of carbonyl (C=O) groups is 2. The number of hydrogen-bond donors (Lipinski definition) is 1. The average Bonchev–Trinajstić information content (AvgIpc) is 2.21. The summed E-state index contributed by atoms with van der Waals surface area (Å²) < 4.78 is 41.6. The highest BCUT2D eigenvalue weighted by atomic mass is 127. The molecule has 1 atom stereocenters. The second-order valence-electron chi connectivity index (χ2n) is 4.76. The number of rotatable bonds is 7. The molecule has 0 bridgehead atoms. The van der Waals surface area contributed by atoms with Gasteiger partial charge in [0, 0.05) is 10.8 Å². The predicted octanol–water partition coefficient (Wildman–Crippen LogP) is 3.18. The van der Waals surface area contributed by atoms with Gasteiger partial charge in [-0.1, -0.05) is 22.6 Å². The molecule has 0 aromatic carbocycles. The smallest absolute Gasteiger partial charge is 0.389 e. The fraction of sp³-hybridized carbons (Fsp3) is 0.818. The number of hydrogen-bond acceptors (Lipinski definition) is 3. The van der Waals surface area contributed by atoms with E-state index in [0.717, 1.165) is 0 Å². The quantitative estimate of drug-likeness (QED) is 0.408. The van der Waals surface area contributed by atoms with Crippen molar-refractivity contribution in [2.24, 2.45) is 5.92 Å². The average molecular weight is 396 g/mol. The van der Waals surface area contributed by atoms with Crippen LogP contribution in [0.25, 0.3) is 0 Å². The summed E-state index contributed by atoms with van der Waals surface area (Å²) in [5, 5.41) is 8.80. The van der Waals surface area contributed by atoms with Gasteiger partial charge in [0.25, 0.3) is 0 Å². The van der Waals surface area contributed by atoms with E-state index < -0.39 is 48.9 Å². The minimum Gasteiger partial charge on any atom is -0.481 e. The summed E-state index contributed by atoms with van der Waals surface area (Å²) in [6.45, 7) is 3.28. The molecule has 0 rings (SSSR count). The van der Waals surface area contributed by atoms with Crippen molar-refractivity contribution in [2.75, 3.05) is 4.43 Å². The van der Waals surface area contributed by atoms with Gasteiger partial charge in [0.2, 0.25) is 0 Å². The first-order valence-electron chi connectivity index (χ1n) is 5.54. The Hall–Kier alpha value is -0.540. The Morgan fingerprint density at radius 1 is 1.32 bits per heavy atom. The van der Waals surface area contributed by atoms with Crippen LogP contribution in [0.5, 0.6) is 0 Å². The number of halogens is 4. The summed E-state index contributed by atoms with van der Waals surface area (Å²) in [5.74, 6) is -3.59. The summed E-state index contributed by atoms with van der Waals surface area (Å²) in [5.41, 5.74) is -0.759. The normalized spacial score (nSPS) is 14.0. The lowest BCUT2D eigenvalue weighted by Crippen LogP contribution is -2.31. The van der Waals surface area contributed by atoms with Crippen molar-refractivity contribution in [1.82, 2.24) is 0 Å². The zero-order valence-electron chi connectivity index (χ0n) is 10.6. The molecule has 1 N–H and O–H groups in total. The number of ether oxygens (including phenoxy) is 1. The zero-order valence-corrected chi connectivity index (χ0v) is 12.7. The lowest BCUT2D eigenvalue weighted by atomic mass is 9.99. The molecule has 19 heavy (non-hydrogen) atoms. The van der Waals surface area contributed by atoms with Crippen molar-refractivity contribution in [3.05, 3.63) is 0 Å². The van der Waals surface area contributed by atoms with Gasteiger partial charge in [-0.25, -0.2) is 0 Å². The molecule has 112 valence electrons. The van der Waals surface area contributed by atoms with Crippen molar-refractivity contribution >= 4 is 34.5 Å². The molecule has 0 unspecified atom stereocenters. The number of aliphatic carboxylic acids is 1. The molecule has 0 fully saturated rings. The molecule has 8 heteroatoms. The van der Waals surface area contributed by atoms with Gasteiger partial charge >= 0.3 is 18.1 Å². The van der Waals surface area contributed by atoms with E-state index in [2.05, 4.69) is 0 Å². The molecule has 0 saturated carbocycles. The van der Waals surface area contributed by atoms with Crippen LogP contribution in [0.2, 0.25) is 0 Å². The lowest BCUT2D eigenvalue weighted by Gasteiger charge is -2.23. The topological polar surface area (TPSA) is 63.6 Å². The van der Waals surface area contributed by atoms with Gasteiger partial charge in [0.05, 0.1) is 12.3 Å². The summed E-state index contributed by atoms with van der Waals surface area (Å²) in [6.07, 6.45) is -6.84. The number of carboxylic acids is 1. The van der Waals surface area contributed by atoms with Crippen LogP contribution in [0.1, 0.15) is 33.1 Å². The van der Waals surface area contributed by atoms with Crippen LogP contribution in [0.15, 0.2) is 0 Å². The molecule has 0 heterocycles. The predicted molar refractivity (Wildman–Crippen MR) is 70.1 cm³/mol. The van der Waals surface area contributed by atoms with Crippen LogP contribution < -0.4 is 0 Å². The van der Waals surface area contributed by atoms with E-state index in [4.69, 9.17) is 9.84 Å². The first-order chi connectivity index (χ1) is 8.47. The van der Waals surface area contributed by atoms with Crippen LogP contribution in [0, 0.1) is 5.92 Å². The Kier molecular flexibility index (Phi) is 7.09. The van der Waals surface area contributed by atoms with Gasteiger partial charge in [-0.05, 0) is 20.3 Å². The highest BCUT2D eigenvalue weighted by Gasteiger charge is 2.32. The van der Waals surface area contributed by atoms with E-state index >= 15 is 0 Å². The van der Waals surface area contributed by atoms with E-state index in [1.54, 1.807) is 13.8 Å². The highest BCUT2D eigenvalue weighted by molar-refractivity contribution is 14.1. The molecule has 0 aliphatic carbocycles. The van der Waals surface area contributed by atoms with Gasteiger partial charge in [-0.15, -0.1) is 0 Å². The molecule has 0 aromatic heterocycles. The molecule has 0 radical (unpaired) electrons. The molecule has 0 aromatic rings. The van der Waals surface area contributed by atoms with E-state index in [0.29, 0.717) is 4.43 Å². The standard InChI is InChI=1S/C11H16F3IO4/c1-10(2,6-15)19-8(16)5-7(9(17)18)3-4-11(12,13)14/h7H,3-6H2,1-2H3,(H,17,18)/t7-/m1/s1. The lowest BCUT2D eigenvalue weighted by molar-refractivity contribution is -0.162. The SMILES string of the molecule is CC(C)(CI)OC(=O)C[C@@H](CCC(F)(F)F)C(=O)O. The largest absolute Gasteiger partial charge is 0.481 e. The van der Waals surface area contributed by atoms with Gasteiger partial charge < -0.3 is 9.84 Å². The van der Waals surface area contributed by atoms with Crippen molar-refractivity contribution in [3.8, 4) is 0 Å². The number of esters is 1. The van der Waals surface area contributed by atoms with Gasteiger partial charge in [-0.2, -0.15) is 13.2 Å². The molecule has 0 amide bonds. The van der Waals surface area contributed by atoms with Crippen molar-refractivity contribution in [3.63, 3.8) is 0 Å². The van der Waals surface area contributed by atoms with Crippen molar-refractivity contribution in [2.45, 2.75) is 44.9 Å². The number of carbonyl (C=O) groups excluding carboxylic acids is 1. The minimum atomic E-state index is -4.43. The monoisotopic (exact) mass is 396 g/mol. The van der Waals surface area contributed by atoms with Gasteiger partial charge in [0.15, 0.2) is 0 Å². The summed E-state index contributed by atoms with van der Waals surface area (Å²) >= 11 is 2.00. The first-order valence-corrected chi connectivity index (χ1v) is 7.07. The molecule has 0 saturated heterocycles. The molecule has 0 spiro atoms. The van der Waals surface area contributed by atoms with Gasteiger partial charge in [0.1, 0.15) is 5.60 Å². The van der Waals surface area contributed by atoms with Crippen LogP contribution in [-0.2, 0) is 14.3 Å². The summed E-state index contributed by atoms with van der Waals surface area (Å²) in [6, 6.07) is 0. The second-order valence-corrected chi connectivity index (χ2v) is 5.52. The van der Waals surface area contributed by atoms with Crippen molar-refractivity contribution in [1.29, 1.82) is 0 Å². The third kappa shape index (κ3) is 9.06. The molecule has 0 aliphatic heterocycles. The van der Waals surface area contributed by atoms with E-state index in [9.17, 15) is 22.8 Å². The summed E-state index contributed by atoms with van der Waals surface area (Å²) in [7, 11) is 0. The maximum absolute atomic E-state index is 12.0. The third-order valence-corrected chi connectivity index (χ3v) is 4.09. The first kappa shape index (κ1) is 18.5. The second kappa shape index (κ2) is 7.30. The fourth-order valence-electron chi connectivity index (χ4n) is 1.23. The van der Waals surface area contributed by atoms with Crippen LogP contribution in [-0.4, -0.2) is 33.3 Å². The molecule has 4 nitrogen and oxygen atoms in total. The minimum absolute atomic E-state index is 0.497. The van der Waals surface area contributed by atoms with E-state index in [1.165, 1.54) is 0 Å². The Bertz CT molecular complexity index is 328. The Morgan fingerprint density at radius 2 is 1.84 bits per heavy atom. The van der Waals surface area contributed by atoms with E-state index in [-0.39, 0.29) is 0 Å². The van der Waals surface area contributed by atoms with Crippen LogP contribution in [0.3, 0.4) is 0 Å². The Balaban J connectivity index is 4.43. The molecule has 0 aliphatic rings. The van der Waals surface area contributed by atoms with Crippen molar-refractivity contribution < 1.29 is 32.6 Å². The fourth-order valence-corrected chi connectivity index (χ4v) is 1.38. The van der Waals surface area contributed by atoms with Gasteiger partial charge in [-0.3, -0.25) is 9.59 Å². The van der Waals surface area contributed by atoms with E-state index in [1.807, 2.05) is 22.6 Å².